The lowest BCUT2D eigenvalue weighted by Gasteiger charge is -2.29. The molecule has 0 saturated carbocycles. The van der Waals surface area contributed by atoms with Gasteiger partial charge in [-0.1, -0.05) is 26.0 Å². The van der Waals surface area contributed by atoms with Gasteiger partial charge in [-0.15, -0.1) is 0 Å². The lowest BCUT2D eigenvalue weighted by atomic mass is 9.79. The maximum atomic E-state index is 13.4. The van der Waals surface area contributed by atoms with Crippen LogP contribution in [0.5, 0.6) is 5.75 Å². The maximum Gasteiger partial charge on any atom is 0.224 e. The minimum atomic E-state index is -0.753. The summed E-state index contributed by atoms with van der Waals surface area (Å²) in [4.78, 5) is 38.8. The number of Topliss-reactive ketones (excluding diaryl/α,β-unsaturated/α-hetero) is 2. The van der Waals surface area contributed by atoms with Crippen LogP contribution in [0.4, 0.5) is 4.39 Å². The molecule has 3 atom stereocenters. The van der Waals surface area contributed by atoms with Gasteiger partial charge in [0, 0.05) is 18.3 Å². The number of carbonyl (C=O) groups is 3. The monoisotopic (exact) mass is 449 g/mol. The first kappa shape index (κ1) is 26.0. The quantitative estimate of drug-likeness (QED) is 0.564. The first-order valence-corrected chi connectivity index (χ1v) is 11.6. The Kier molecular flexibility index (Phi) is 10.8. The van der Waals surface area contributed by atoms with Gasteiger partial charge in [0.1, 0.15) is 12.4 Å². The van der Waals surface area contributed by atoms with Crippen molar-refractivity contribution in [2.45, 2.75) is 64.8 Å². The molecule has 0 fully saturated rings. The number of ether oxygens (including phenoxy) is 1. The number of carbonyl (C=O) groups excluding carboxylic acids is 3. The van der Waals surface area contributed by atoms with Gasteiger partial charge in [-0.25, -0.2) is 0 Å². The molecule has 6 nitrogen and oxygen atoms in total. The number of aliphatic hydroxyl groups excluding tert-OH is 1. The fourth-order valence-electron chi connectivity index (χ4n) is 4.21. The molecule has 1 amide bonds. The number of hydrogen-bond donors (Lipinski definition) is 2. The molecular formula is C25H36FNO5. The molecule has 32 heavy (non-hydrogen) atoms. The van der Waals surface area contributed by atoms with Crippen LogP contribution in [-0.4, -0.2) is 48.5 Å². The van der Waals surface area contributed by atoms with E-state index in [1.165, 1.54) is 0 Å². The van der Waals surface area contributed by atoms with Crippen molar-refractivity contribution in [3.63, 3.8) is 0 Å². The number of fused-ring (bicyclic) bond motifs is 11. The van der Waals surface area contributed by atoms with Crippen molar-refractivity contribution in [3.8, 4) is 5.75 Å². The molecule has 0 radical (unpaired) electrons. The lowest BCUT2D eigenvalue weighted by Crippen LogP contribution is -2.48. The Hall–Kier alpha value is -2.28. The summed E-state index contributed by atoms with van der Waals surface area (Å²) in [5.74, 6) is -1.29. The topological polar surface area (TPSA) is 92.7 Å². The van der Waals surface area contributed by atoms with Gasteiger partial charge in [-0.2, -0.15) is 0 Å². The van der Waals surface area contributed by atoms with E-state index in [-0.39, 0.29) is 29.8 Å². The summed E-state index contributed by atoms with van der Waals surface area (Å²) >= 11 is 0. The summed E-state index contributed by atoms with van der Waals surface area (Å²) in [7, 11) is 0. The van der Waals surface area contributed by atoms with Gasteiger partial charge in [0.2, 0.25) is 5.91 Å². The summed E-state index contributed by atoms with van der Waals surface area (Å²) in [6, 6.07) is 6.64. The molecule has 0 aliphatic carbocycles. The van der Waals surface area contributed by atoms with Crippen LogP contribution in [0, 0.1) is 17.8 Å². The first-order chi connectivity index (χ1) is 15.3. The van der Waals surface area contributed by atoms with Crippen molar-refractivity contribution >= 4 is 17.5 Å². The minimum Gasteiger partial charge on any atom is -0.494 e. The molecule has 0 aromatic heterocycles. The smallest absolute Gasteiger partial charge is 0.224 e. The highest BCUT2D eigenvalue weighted by Gasteiger charge is 2.35. The van der Waals surface area contributed by atoms with Gasteiger partial charge in [0.25, 0.3) is 0 Å². The highest BCUT2D eigenvalue weighted by Crippen LogP contribution is 2.27. The summed E-state index contributed by atoms with van der Waals surface area (Å²) in [6.07, 6.45) is 2.68. The molecule has 0 spiro atoms. The molecule has 178 valence electrons. The fourth-order valence-corrected chi connectivity index (χ4v) is 4.21. The van der Waals surface area contributed by atoms with Crippen molar-refractivity contribution in [1.82, 2.24) is 5.32 Å². The van der Waals surface area contributed by atoms with Crippen LogP contribution < -0.4 is 10.1 Å². The van der Waals surface area contributed by atoms with Gasteiger partial charge in [-0.3, -0.25) is 18.8 Å². The molecule has 3 unspecified atom stereocenters. The second kappa shape index (κ2) is 13.3. The Labute approximate surface area is 189 Å². The van der Waals surface area contributed by atoms with E-state index in [2.05, 4.69) is 5.32 Å². The highest BCUT2D eigenvalue weighted by molar-refractivity contribution is 5.93. The fraction of sp³-hybridized carbons (Fsp3) is 0.640. The van der Waals surface area contributed by atoms with Crippen LogP contribution >= 0.6 is 0 Å². The molecule has 2 aliphatic heterocycles. The Morgan fingerprint density at radius 3 is 2.53 bits per heavy atom. The zero-order valence-electron chi connectivity index (χ0n) is 19.1. The predicted octanol–water partition coefficient (Wildman–Crippen LogP) is 3.44. The van der Waals surface area contributed by atoms with E-state index in [4.69, 9.17) is 4.74 Å². The number of unbranched alkanes of at least 4 members (excludes halogenated alkanes) is 1. The van der Waals surface area contributed by atoms with E-state index in [9.17, 15) is 23.9 Å². The predicted molar refractivity (Wildman–Crippen MR) is 120 cm³/mol. The Balaban J connectivity index is 2.35. The van der Waals surface area contributed by atoms with Crippen LogP contribution in [0.1, 0.15) is 57.9 Å². The second-order valence-electron chi connectivity index (χ2n) is 8.98. The number of halogens is 1. The molecule has 2 bridgehead atoms. The number of benzene rings is 1. The number of nitrogens with one attached hydrogen (secondary N) is 1. The summed E-state index contributed by atoms with van der Waals surface area (Å²) < 4.78 is 18.3. The minimum absolute atomic E-state index is 0.146. The third-order valence-corrected chi connectivity index (χ3v) is 5.92. The molecule has 3 rings (SSSR count). The number of rotatable bonds is 9. The van der Waals surface area contributed by atoms with Crippen LogP contribution in [0.3, 0.4) is 0 Å². The van der Waals surface area contributed by atoms with Gasteiger partial charge in [0.05, 0.1) is 19.3 Å². The van der Waals surface area contributed by atoms with Crippen molar-refractivity contribution in [2.24, 2.45) is 17.8 Å². The Morgan fingerprint density at radius 2 is 1.91 bits per heavy atom. The lowest BCUT2D eigenvalue weighted by molar-refractivity contribution is -0.137. The van der Waals surface area contributed by atoms with Crippen LogP contribution in [0.2, 0.25) is 0 Å². The highest BCUT2D eigenvalue weighted by atomic mass is 19.1. The van der Waals surface area contributed by atoms with E-state index in [1.807, 2.05) is 38.1 Å². The Morgan fingerprint density at radius 1 is 1.19 bits per heavy atom. The van der Waals surface area contributed by atoms with Gasteiger partial charge in [-0.05, 0) is 62.1 Å². The summed E-state index contributed by atoms with van der Waals surface area (Å²) in [6.45, 7) is 3.25. The zero-order chi connectivity index (χ0) is 23.5. The van der Waals surface area contributed by atoms with Gasteiger partial charge >= 0.3 is 0 Å². The second-order valence-corrected chi connectivity index (χ2v) is 8.98. The molecule has 1 aromatic rings. The molecule has 2 heterocycles. The number of aliphatic hydroxyl groups is 1. The van der Waals surface area contributed by atoms with Crippen molar-refractivity contribution < 1.29 is 28.6 Å². The van der Waals surface area contributed by atoms with E-state index in [0.717, 1.165) is 5.56 Å². The van der Waals surface area contributed by atoms with E-state index in [1.54, 1.807) is 0 Å². The number of alkyl halides is 1. The average Bonchev–Trinajstić information content (AvgIpc) is 2.77. The number of ketones is 2. The van der Waals surface area contributed by atoms with Crippen molar-refractivity contribution in [2.75, 3.05) is 19.9 Å². The molecule has 2 aliphatic rings. The van der Waals surface area contributed by atoms with E-state index < -0.39 is 31.2 Å². The largest absolute Gasteiger partial charge is 0.494 e. The van der Waals surface area contributed by atoms with Gasteiger partial charge < -0.3 is 15.2 Å². The van der Waals surface area contributed by atoms with Crippen LogP contribution in [0.25, 0.3) is 0 Å². The normalized spacial score (nSPS) is 22.2. The maximum absolute atomic E-state index is 13.4. The average molecular weight is 450 g/mol. The molecule has 0 saturated heterocycles. The van der Waals surface area contributed by atoms with E-state index >= 15 is 0 Å². The van der Waals surface area contributed by atoms with E-state index in [0.29, 0.717) is 50.9 Å². The molecule has 1 aromatic carbocycles. The number of amides is 1. The third kappa shape index (κ3) is 8.01. The summed E-state index contributed by atoms with van der Waals surface area (Å²) in [5, 5.41) is 12.4. The number of hydrogen-bond acceptors (Lipinski definition) is 5. The molecule has 2 N–H and O–H groups in total. The SMILES string of the molecule is CC(C)CC1C(=O)NC(C(=O)CCCCF)Cc2ccc(cc2)OCCCC1C(=O)CO. The van der Waals surface area contributed by atoms with Crippen molar-refractivity contribution in [1.29, 1.82) is 0 Å². The standard InChI is InChI=1S/C25H36FNO5/c1-17(2)14-21-20(24(30)16-28)6-5-13-32-19-10-8-18(9-11-19)15-22(27-25(21)31)23(29)7-3-4-12-26/h8-11,17,20-22,28H,3-7,12-16H2,1-2H3,(H,27,31). The summed E-state index contributed by atoms with van der Waals surface area (Å²) in [5.41, 5.74) is 0.877. The zero-order valence-corrected chi connectivity index (χ0v) is 19.1. The molecule has 7 heteroatoms. The third-order valence-electron chi connectivity index (χ3n) is 5.92. The van der Waals surface area contributed by atoms with Gasteiger partial charge in [0.15, 0.2) is 11.6 Å². The molecular weight excluding hydrogens is 413 g/mol. The van der Waals surface area contributed by atoms with Crippen LogP contribution in [-0.2, 0) is 20.8 Å². The van der Waals surface area contributed by atoms with Crippen LogP contribution in [0.15, 0.2) is 24.3 Å². The first-order valence-electron chi connectivity index (χ1n) is 11.6. The van der Waals surface area contributed by atoms with Crippen molar-refractivity contribution in [3.05, 3.63) is 29.8 Å². The Bertz CT molecular complexity index is 749.